The molecule has 0 N–H and O–H groups in total. The summed E-state index contributed by atoms with van der Waals surface area (Å²) in [6.45, 7) is 7.00. The molecule has 5 heteroatoms. The van der Waals surface area contributed by atoms with Gasteiger partial charge in [0.1, 0.15) is 0 Å². The molecule has 2 rings (SSSR count). The quantitative estimate of drug-likeness (QED) is 0.576. The normalized spacial score (nSPS) is 29.9. The van der Waals surface area contributed by atoms with Crippen molar-refractivity contribution in [2.24, 2.45) is 22.7 Å². The molecule has 1 saturated carbocycles. The number of hydrogen-bond acceptors (Lipinski definition) is 4. The highest BCUT2D eigenvalue weighted by atomic mass is 14.8. The predicted molar refractivity (Wildman–Crippen MR) is 53.6 cm³/mol. The average molecular weight is 219 g/mol. The monoisotopic (exact) mass is 219 g/mol. The van der Waals surface area contributed by atoms with Crippen molar-refractivity contribution in [3.8, 4) is 24.3 Å². The molecule has 0 spiro atoms. The fraction of sp³-hybridized carbons (Fsp3) is 0.417. The number of fused-ring (bicyclic) bond motifs is 2. The van der Waals surface area contributed by atoms with Crippen LogP contribution in [-0.2, 0) is 0 Å². The molecule has 2 aliphatic carbocycles. The molecule has 0 aliphatic heterocycles. The lowest BCUT2D eigenvalue weighted by Crippen LogP contribution is -2.42. The van der Waals surface area contributed by atoms with Gasteiger partial charge in [0.05, 0.1) is 30.8 Å². The summed E-state index contributed by atoms with van der Waals surface area (Å²) in [6, 6.07) is 7.34. The molecule has 2 atom stereocenters. The van der Waals surface area contributed by atoms with Crippen LogP contribution in [0.4, 0.5) is 0 Å². The van der Waals surface area contributed by atoms with Gasteiger partial charge in [-0.05, 0) is 6.42 Å². The SMILES string of the molecule is [C-]#[N+]C1=CC2CC1C(C#N)(C#N)C2(C#N)C#N. The fourth-order valence-corrected chi connectivity index (χ4v) is 2.87. The van der Waals surface area contributed by atoms with Crippen LogP contribution in [0.1, 0.15) is 6.42 Å². The maximum Gasteiger partial charge on any atom is 0.179 e. The molecule has 2 unspecified atom stereocenters. The minimum atomic E-state index is -1.71. The van der Waals surface area contributed by atoms with Crippen LogP contribution in [0.5, 0.6) is 0 Å². The van der Waals surface area contributed by atoms with Gasteiger partial charge in [-0.2, -0.15) is 21.0 Å². The van der Waals surface area contributed by atoms with E-state index in [-0.39, 0.29) is 0 Å². The van der Waals surface area contributed by atoms with E-state index in [2.05, 4.69) is 4.85 Å². The second-order valence-electron chi connectivity index (χ2n) is 4.16. The Labute approximate surface area is 98.2 Å². The summed E-state index contributed by atoms with van der Waals surface area (Å²) in [4.78, 5) is 3.29. The summed E-state index contributed by atoms with van der Waals surface area (Å²) >= 11 is 0. The Hall–Kier alpha value is -2.81. The van der Waals surface area contributed by atoms with E-state index >= 15 is 0 Å². The molecule has 17 heavy (non-hydrogen) atoms. The third-order valence-electron chi connectivity index (χ3n) is 3.75. The van der Waals surface area contributed by atoms with Gasteiger partial charge >= 0.3 is 0 Å². The van der Waals surface area contributed by atoms with E-state index in [0.29, 0.717) is 12.1 Å². The second kappa shape index (κ2) is 3.09. The highest BCUT2D eigenvalue weighted by molar-refractivity contribution is 5.50. The van der Waals surface area contributed by atoms with Crippen molar-refractivity contribution in [2.75, 3.05) is 0 Å². The molecule has 0 aromatic rings. The van der Waals surface area contributed by atoms with Gasteiger partial charge in [-0.25, -0.2) is 4.85 Å². The minimum Gasteiger partial charge on any atom is -0.243 e. The lowest BCUT2D eigenvalue weighted by Gasteiger charge is -2.32. The molecule has 1 fully saturated rings. The summed E-state index contributed by atoms with van der Waals surface area (Å²) in [6.07, 6.45) is 1.93. The molecule has 5 nitrogen and oxygen atoms in total. The molecule has 0 saturated heterocycles. The van der Waals surface area contributed by atoms with Crippen molar-refractivity contribution in [3.05, 3.63) is 23.2 Å². The molecule has 0 amide bonds. The smallest absolute Gasteiger partial charge is 0.179 e. The van der Waals surface area contributed by atoms with Crippen LogP contribution < -0.4 is 0 Å². The highest BCUT2D eigenvalue weighted by Crippen LogP contribution is 2.65. The summed E-state index contributed by atoms with van der Waals surface area (Å²) in [5, 5.41) is 36.9. The second-order valence-corrected chi connectivity index (χ2v) is 4.16. The number of nitriles is 4. The van der Waals surface area contributed by atoms with Crippen molar-refractivity contribution in [2.45, 2.75) is 6.42 Å². The summed E-state index contributed by atoms with van der Waals surface area (Å²) in [5.41, 5.74) is -3.02. The topological polar surface area (TPSA) is 99.5 Å². The van der Waals surface area contributed by atoms with Crippen molar-refractivity contribution < 1.29 is 0 Å². The number of allylic oxidation sites excluding steroid dienone is 2. The Morgan fingerprint density at radius 1 is 1.12 bits per heavy atom. The zero-order valence-corrected chi connectivity index (χ0v) is 8.68. The maximum absolute atomic E-state index is 9.24. The lowest BCUT2D eigenvalue weighted by molar-refractivity contribution is 0.270. The first kappa shape index (κ1) is 10.7. The summed E-state index contributed by atoms with van der Waals surface area (Å²) in [5.74, 6) is -1.11. The molecule has 0 aromatic heterocycles. The van der Waals surface area contributed by atoms with Crippen LogP contribution in [0, 0.1) is 74.6 Å². The van der Waals surface area contributed by atoms with E-state index in [9.17, 15) is 21.0 Å². The van der Waals surface area contributed by atoms with Gasteiger partial charge in [0.2, 0.25) is 0 Å². The van der Waals surface area contributed by atoms with Crippen LogP contribution in [0.25, 0.3) is 4.85 Å². The van der Waals surface area contributed by atoms with Gasteiger partial charge in [-0.3, -0.25) is 0 Å². The molecule has 78 valence electrons. The van der Waals surface area contributed by atoms with Crippen LogP contribution in [0.15, 0.2) is 11.8 Å². The van der Waals surface area contributed by atoms with Gasteiger partial charge in [-0.1, -0.05) is 6.08 Å². The van der Waals surface area contributed by atoms with Gasteiger partial charge in [0.15, 0.2) is 16.5 Å². The van der Waals surface area contributed by atoms with Crippen molar-refractivity contribution >= 4 is 0 Å². The Balaban J connectivity index is 2.77. The molecule has 0 radical (unpaired) electrons. The molecule has 2 bridgehead atoms. The molecule has 0 heterocycles. The third kappa shape index (κ3) is 0.846. The largest absolute Gasteiger partial charge is 0.243 e. The Morgan fingerprint density at radius 2 is 1.65 bits per heavy atom. The van der Waals surface area contributed by atoms with Crippen molar-refractivity contribution in [1.29, 1.82) is 21.0 Å². The van der Waals surface area contributed by atoms with Crippen LogP contribution in [-0.4, -0.2) is 0 Å². The maximum atomic E-state index is 9.24. The van der Waals surface area contributed by atoms with E-state index in [1.807, 2.05) is 24.3 Å². The van der Waals surface area contributed by atoms with Crippen molar-refractivity contribution in [3.63, 3.8) is 0 Å². The van der Waals surface area contributed by atoms with Crippen LogP contribution in [0.2, 0.25) is 0 Å². The average Bonchev–Trinajstić information content (AvgIpc) is 2.92. The van der Waals surface area contributed by atoms with E-state index in [1.54, 1.807) is 6.08 Å². The number of hydrogen-bond donors (Lipinski definition) is 0. The number of rotatable bonds is 0. The first-order valence-electron chi connectivity index (χ1n) is 4.90. The first-order chi connectivity index (χ1) is 8.15. The number of nitrogens with zero attached hydrogens (tertiary/aromatic N) is 5. The van der Waals surface area contributed by atoms with E-state index in [4.69, 9.17) is 6.57 Å². The Morgan fingerprint density at radius 3 is 2.06 bits per heavy atom. The molecule has 0 aromatic carbocycles. The Bertz CT molecular complexity index is 594. The molecular weight excluding hydrogens is 214 g/mol. The van der Waals surface area contributed by atoms with E-state index < -0.39 is 22.7 Å². The van der Waals surface area contributed by atoms with Gasteiger partial charge < -0.3 is 0 Å². The third-order valence-corrected chi connectivity index (χ3v) is 3.75. The van der Waals surface area contributed by atoms with Crippen molar-refractivity contribution in [1.82, 2.24) is 0 Å². The first-order valence-corrected chi connectivity index (χ1v) is 4.90. The minimum absolute atomic E-state index is 0.333. The zero-order valence-electron chi connectivity index (χ0n) is 8.68. The molecular formula is C12H5N5. The standard InChI is InChI=1S/C12H5N5/c1-17-10-3-8-2-9(10)12(6-15,7-16)11(8,4-13)5-14/h3,8-9H,2H2. The summed E-state index contributed by atoms with van der Waals surface area (Å²) in [7, 11) is 0. The lowest BCUT2D eigenvalue weighted by atomic mass is 9.60. The van der Waals surface area contributed by atoms with Crippen LogP contribution in [0.3, 0.4) is 0 Å². The van der Waals surface area contributed by atoms with E-state index in [1.165, 1.54) is 0 Å². The van der Waals surface area contributed by atoms with Gasteiger partial charge in [-0.15, -0.1) is 0 Å². The Kier molecular flexibility index (Phi) is 1.94. The van der Waals surface area contributed by atoms with E-state index in [0.717, 1.165) is 0 Å². The van der Waals surface area contributed by atoms with Crippen LogP contribution >= 0.6 is 0 Å². The predicted octanol–water partition coefficient (Wildman–Crippen LogP) is 1.51. The highest BCUT2D eigenvalue weighted by Gasteiger charge is 2.71. The molecule has 2 aliphatic rings. The summed E-state index contributed by atoms with van der Waals surface area (Å²) < 4.78 is 0. The fourth-order valence-electron chi connectivity index (χ4n) is 2.87. The zero-order chi connectivity index (χ0) is 12.7. The van der Waals surface area contributed by atoms with Gasteiger partial charge in [0.25, 0.3) is 0 Å². The van der Waals surface area contributed by atoms with Gasteiger partial charge in [0, 0.05) is 11.8 Å².